The van der Waals surface area contributed by atoms with E-state index in [1.54, 1.807) is 30.2 Å². The Morgan fingerprint density at radius 3 is 2.63 bits per heavy atom. The molecule has 3 aromatic rings. The van der Waals surface area contributed by atoms with E-state index in [4.69, 9.17) is 4.74 Å². The Balaban J connectivity index is 1.78. The number of anilines is 1. The van der Waals surface area contributed by atoms with Gasteiger partial charge in [0.1, 0.15) is 10.6 Å². The van der Waals surface area contributed by atoms with Crippen molar-refractivity contribution < 1.29 is 14.3 Å². The van der Waals surface area contributed by atoms with E-state index >= 15 is 0 Å². The van der Waals surface area contributed by atoms with Crippen LogP contribution in [0.15, 0.2) is 62.8 Å². The van der Waals surface area contributed by atoms with E-state index in [0.717, 1.165) is 22.5 Å². The molecular weight excluding hydrogens is 482 g/mol. The predicted octanol–water partition coefficient (Wildman–Crippen LogP) is 3.38. The van der Waals surface area contributed by atoms with Crippen LogP contribution in [0.5, 0.6) is 0 Å². The van der Waals surface area contributed by atoms with Crippen molar-refractivity contribution in [3.05, 3.63) is 83.2 Å². The fourth-order valence-electron chi connectivity index (χ4n) is 4.57. The molecule has 9 heteroatoms. The normalized spacial score (nSPS) is 18.6. The zero-order chi connectivity index (χ0) is 24.9. The molecule has 35 heavy (non-hydrogen) atoms. The molecule has 2 aliphatic rings. The van der Waals surface area contributed by atoms with Crippen molar-refractivity contribution in [3.63, 3.8) is 0 Å². The van der Waals surface area contributed by atoms with Gasteiger partial charge >= 0.3 is 5.97 Å². The van der Waals surface area contributed by atoms with E-state index in [-0.39, 0.29) is 17.6 Å². The molecular formula is C26H25N3O4S2. The molecule has 1 amide bonds. The third-order valence-electron chi connectivity index (χ3n) is 5.97. The second kappa shape index (κ2) is 9.05. The number of para-hydroxylation sites is 1. The predicted molar refractivity (Wildman–Crippen MR) is 137 cm³/mol. The van der Waals surface area contributed by atoms with E-state index in [9.17, 15) is 14.4 Å². The Labute approximate surface area is 210 Å². The number of rotatable bonds is 5. The molecule has 0 aliphatic carbocycles. The van der Waals surface area contributed by atoms with Crippen LogP contribution in [0.25, 0.3) is 5.57 Å². The van der Waals surface area contributed by atoms with E-state index < -0.39 is 12.0 Å². The van der Waals surface area contributed by atoms with Gasteiger partial charge in [-0.1, -0.05) is 42.5 Å². The maximum atomic E-state index is 14.0. The fraction of sp³-hybridized carbons (Fsp3) is 0.308. The molecule has 0 fully saturated rings. The lowest BCUT2D eigenvalue weighted by Crippen LogP contribution is -2.41. The van der Waals surface area contributed by atoms with Gasteiger partial charge in [0.15, 0.2) is 4.80 Å². The molecule has 180 valence electrons. The minimum absolute atomic E-state index is 0.179. The zero-order valence-electron chi connectivity index (χ0n) is 19.9. The molecule has 0 N–H and O–H groups in total. The number of hydrogen-bond acceptors (Lipinski definition) is 7. The monoisotopic (exact) mass is 507 g/mol. The largest absolute Gasteiger partial charge is 0.459 e. The first-order valence-electron chi connectivity index (χ1n) is 11.5. The SMILES string of the molecule is CCCN1C(=O)/C(=c2\sc3n(c2=O)[C@H](c2cccs2)C(C(=O)OC(C)C)=C(C)N=3)c2ccccc21. The van der Waals surface area contributed by atoms with Gasteiger partial charge in [-0.3, -0.25) is 14.2 Å². The average molecular weight is 508 g/mol. The Bertz CT molecular complexity index is 1540. The van der Waals surface area contributed by atoms with Crippen molar-refractivity contribution in [3.8, 4) is 0 Å². The number of ether oxygens (including phenoxy) is 1. The van der Waals surface area contributed by atoms with Crippen molar-refractivity contribution in [1.82, 2.24) is 4.57 Å². The summed E-state index contributed by atoms with van der Waals surface area (Å²) in [7, 11) is 0. The number of allylic oxidation sites excluding steroid dienone is 1. The maximum Gasteiger partial charge on any atom is 0.338 e. The fourth-order valence-corrected chi connectivity index (χ4v) is 6.53. The van der Waals surface area contributed by atoms with Crippen LogP contribution in [0.4, 0.5) is 5.69 Å². The highest BCUT2D eigenvalue weighted by atomic mass is 32.1. The average Bonchev–Trinajstić information content (AvgIpc) is 3.51. The van der Waals surface area contributed by atoms with E-state index in [2.05, 4.69) is 4.99 Å². The van der Waals surface area contributed by atoms with Gasteiger partial charge in [-0.2, -0.15) is 0 Å². The highest BCUT2D eigenvalue weighted by Crippen LogP contribution is 2.36. The van der Waals surface area contributed by atoms with Crippen molar-refractivity contribution in [2.24, 2.45) is 4.99 Å². The lowest BCUT2D eigenvalue weighted by molar-refractivity contribution is -0.143. The molecule has 2 aliphatic heterocycles. The molecule has 0 saturated heterocycles. The molecule has 0 bridgehead atoms. The molecule has 5 rings (SSSR count). The first-order valence-corrected chi connectivity index (χ1v) is 13.2. The minimum atomic E-state index is -0.662. The van der Waals surface area contributed by atoms with Crippen LogP contribution in [0.2, 0.25) is 0 Å². The molecule has 7 nitrogen and oxygen atoms in total. The smallest absolute Gasteiger partial charge is 0.338 e. The van der Waals surface area contributed by atoms with Crippen LogP contribution in [-0.2, 0) is 14.3 Å². The van der Waals surface area contributed by atoms with Crippen molar-refractivity contribution in [2.45, 2.75) is 46.3 Å². The number of benzene rings is 1. The van der Waals surface area contributed by atoms with Gasteiger partial charge in [0.05, 0.1) is 28.6 Å². The van der Waals surface area contributed by atoms with Gasteiger partial charge < -0.3 is 9.64 Å². The second-order valence-electron chi connectivity index (χ2n) is 8.72. The summed E-state index contributed by atoms with van der Waals surface area (Å²) in [6.45, 7) is 7.92. The molecule has 1 atom stereocenters. The number of hydrogen-bond donors (Lipinski definition) is 0. The summed E-state index contributed by atoms with van der Waals surface area (Å²) >= 11 is 2.66. The zero-order valence-corrected chi connectivity index (χ0v) is 21.5. The molecule has 0 spiro atoms. The van der Waals surface area contributed by atoms with Gasteiger partial charge in [0.25, 0.3) is 11.5 Å². The van der Waals surface area contributed by atoms with Gasteiger partial charge in [-0.05, 0) is 44.7 Å². The summed E-state index contributed by atoms with van der Waals surface area (Å²) in [6, 6.07) is 10.7. The van der Waals surface area contributed by atoms with Crippen LogP contribution in [-0.4, -0.2) is 29.1 Å². The Hall–Kier alpha value is -3.30. The van der Waals surface area contributed by atoms with Crippen molar-refractivity contribution in [1.29, 1.82) is 0 Å². The van der Waals surface area contributed by atoms with E-state index in [0.29, 0.717) is 32.7 Å². The number of thiophene rings is 1. The first kappa shape index (κ1) is 23.4. The summed E-state index contributed by atoms with van der Waals surface area (Å²) < 4.78 is 7.41. The molecule has 0 unspecified atom stereocenters. The number of thiazole rings is 1. The van der Waals surface area contributed by atoms with Crippen molar-refractivity contribution in [2.75, 3.05) is 11.4 Å². The minimum Gasteiger partial charge on any atom is -0.459 e. The Morgan fingerprint density at radius 1 is 1.17 bits per heavy atom. The topological polar surface area (TPSA) is 81.0 Å². The summed E-state index contributed by atoms with van der Waals surface area (Å²) in [4.78, 5) is 48.3. The number of carbonyl (C=O) groups is 2. The van der Waals surface area contributed by atoms with Crippen LogP contribution >= 0.6 is 22.7 Å². The van der Waals surface area contributed by atoms with Crippen LogP contribution in [0.1, 0.15) is 50.6 Å². The third-order valence-corrected chi connectivity index (χ3v) is 7.95. The molecule has 4 heterocycles. The summed E-state index contributed by atoms with van der Waals surface area (Å²) in [6.07, 6.45) is 0.490. The van der Waals surface area contributed by atoms with Gasteiger partial charge in [0, 0.05) is 17.0 Å². The lowest BCUT2D eigenvalue weighted by atomic mass is 10.0. The molecule has 0 radical (unpaired) electrons. The molecule has 2 aromatic heterocycles. The van der Waals surface area contributed by atoms with Gasteiger partial charge in [-0.15, -0.1) is 11.3 Å². The second-order valence-corrected chi connectivity index (χ2v) is 10.7. The summed E-state index contributed by atoms with van der Waals surface area (Å²) in [5, 5.41) is 1.91. The van der Waals surface area contributed by atoms with Gasteiger partial charge in [0.2, 0.25) is 0 Å². The quantitative estimate of drug-likeness (QED) is 0.496. The molecule has 1 aromatic carbocycles. The lowest BCUT2D eigenvalue weighted by Gasteiger charge is -2.24. The first-order chi connectivity index (χ1) is 16.8. The summed E-state index contributed by atoms with van der Waals surface area (Å²) in [5.74, 6) is -0.671. The van der Waals surface area contributed by atoms with E-state index in [1.165, 1.54) is 22.7 Å². The van der Waals surface area contributed by atoms with Crippen LogP contribution < -0.4 is 19.8 Å². The standard InChI is InChI=1S/C26H25N3O4S2/c1-5-12-28-17-10-7-6-9-16(17)20(23(28)30)22-24(31)29-21(18-11-8-13-34-18)19(25(32)33-14(2)3)15(4)27-26(29)35-22/h6-11,13-14,21H,5,12H2,1-4H3/b22-20-/t21-/m1/s1. The van der Waals surface area contributed by atoms with Crippen molar-refractivity contribution >= 4 is 45.8 Å². The molecule has 0 saturated carbocycles. The Morgan fingerprint density at radius 2 is 1.94 bits per heavy atom. The van der Waals surface area contributed by atoms with Crippen LogP contribution in [0.3, 0.4) is 0 Å². The summed E-state index contributed by atoms with van der Waals surface area (Å²) in [5.41, 5.74) is 2.49. The number of amides is 1. The number of fused-ring (bicyclic) bond motifs is 2. The number of carbonyl (C=O) groups excluding carboxylic acids is 2. The number of nitrogens with zero attached hydrogens (tertiary/aromatic N) is 3. The highest BCUT2D eigenvalue weighted by Gasteiger charge is 2.37. The van der Waals surface area contributed by atoms with E-state index in [1.807, 2.05) is 48.7 Å². The number of esters is 1. The van der Waals surface area contributed by atoms with Crippen LogP contribution in [0, 0.1) is 0 Å². The number of aromatic nitrogens is 1. The Kier molecular flexibility index (Phi) is 6.06. The highest BCUT2D eigenvalue weighted by molar-refractivity contribution is 7.10. The third kappa shape index (κ3) is 3.79. The van der Waals surface area contributed by atoms with Gasteiger partial charge in [-0.25, -0.2) is 9.79 Å². The maximum absolute atomic E-state index is 14.0.